The van der Waals surface area contributed by atoms with Crippen LogP contribution in [0, 0.1) is 23.6 Å². The average Bonchev–Trinajstić information content (AvgIpc) is 3.55. The van der Waals surface area contributed by atoms with Gasteiger partial charge in [-0.15, -0.1) is 0 Å². The third-order valence-corrected chi connectivity index (χ3v) is 6.83. The topological polar surface area (TPSA) is 58.6 Å². The fraction of sp³-hybridized carbons (Fsp3) is 0.542. The van der Waals surface area contributed by atoms with Gasteiger partial charge in [0.15, 0.2) is 0 Å². The van der Waals surface area contributed by atoms with Crippen LogP contribution in [0.4, 0.5) is 10.3 Å². The van der Waals surface area contributed by atoms with E-state index in [-0.39, 0.29) is 12.3 Å². The van der Waals surface area contributed by atoms with Crippen molar-refractivity contribution < 1.29 is 13.9 Å². The number of aromatic nitrogens is 2. The predicted molar refractivity (Wildman–Crippen MR) is 122 cm³/mol. The highest BCUT2D eigenvalue weighted by molar-refractivity contribution is 6.30. The lowest BCUT2D eigenvalue weighted by Crippen LogP contribution is -2.35. The van der Waals surface area contributed by atoms with E-state index in [1.54, 1.807) is 38.6 Å². The van der Waals surface area contributed by atoms with Gasteiger partial charge in [-0.05, 0) is 55.1 Å². The van der Waals surface area contributed by atoms with Crippen molar-refractivity contribution in [1.29, 1.82) is 0 Å². The van der Waals surface area contributed by atoms with Crippen molar-refractivity contribution in [3.05, 3.63) is 47.0 Å². The maximum atomic E-state index is 14.3. The van der Waals surface area contributed by atoms with Gasteiger partial charge >= 0.3 is 0 Å². The number of halogens is 2. The molecule has 1 aliphatic heterocycles. The van der Waals surface area contributed by atoms with Gasteiger partial charge in [0, 0.05) is 33.3 Å². The van der Waals surface area contributed by atoms with Gasteiger partial charge in [0.05, 0.1) is 30.4 Å². The number of anilines is 1. The maximum Gasteiger partial charge on any atom is 0.226 e. The van der Waals surface area contributed by atoms with Crippen LogP contribution in [0.1, 0.15) is 31.2 Å². The Morgan fingerprint density at radius 3 is 2.62 bits per heavy atom. The number of carbonyl (C=O) groups excluding carboxylic acids is 1. The predicted octanol–water partition coefficient (Wildman–Crippen LogP) is 4.22. The SMILES string of the molecule is CN(C)C(=O)Cc1ccc(OCC[C@@H]2C[C@@H]2C2CCN(c3ncc(Cl)cn3)CC2)cc1F. The number of benzene rings is 1. The number of hydrogen-bond donors (Lipinski definition) is 0. The van der Waals surface area contributed by atoms with E-state index in [0.29, 0.717) is 28.9 Å². The summed E-state index contributed by atoms with van der Waals surface area (Å²) in [6.07, 6.45) is 7.93. The normalized spacial score (nSPS) is 20.8. The standard InChI is InChI=1S/C24H30ClFN4O2/c1-29(2)23(31)12-18-3-4-20(13-22(18)26)32-10-7-17-11-21(17)16-5-8-30(9-6-16)24-27-14-19(25)15-28-24/h3-4,13-17,21H,5-12H2,1-2H3/t17-,21-/m1/s1. The molecule has 1 aromatic heterocycles. The molecule has 4 rings (SSSR count). The highest BCUT2D eigenvalue weighted by Crippen LogP contribution is 2.49. The van der Waals surface area contributed by atoms with Gasteiger partial charge in [-0.3, -0.25) is 4.79 Å². The molecular formula is C24H30ClFN4O2. The van der Waals surface area contributed by atoms with E-state index in [0.717, 1.165) is 50.1 Å². The fourth-order valence-electron chi connectivity index (χ4n) is 4.59. The van der Waals surface area contributed by atoms with Crippen molar-refractivity contribution >= 4 is 23.5 Å². The molecule has 2 aliphatic rings. The second-order valence-corrected chi connectivity index (χ2v) is 9.48. The van der Waals surface area contributed by atoms with E-state index in [4.69, 9.17) is 16.3 Å². The van der Waals surface area contributed by atoms with Gasteiger partial charge in [-0.1, -0.05) is 17.7 Å². The number of nitrogens with zero attached hydrogens (tertiary/aromatic N) is 4. The maximum absolute atomic E-state index is 14.3. The number of rotatable bonds is 8. The number of piperidine rings is 1. The first-order valence-corrected chi connectivity index (χ1v) is 11.6. The molecular weight excluding hydrogens is 431 g/mol. The highest BCUT2D eigenvalue weighted by Gasteiger charge is 2.43. The van der Waals surface area contributed by atoms with E-state index in [1.165, 1.54) is 17.4 Å². The minimum Gasteiger partial charge on any atom is -0.493 e. The highest BCUT2D eigenvalue weighted by atomic mass is 35.5. The summed E-state index contributed by atoms with van der Waals surface area (Å²) in [5.41, 5.74) is 0.397. The summed E-state index contributed by atoms with van der Waals surface area (Å²) >= 11 is 5.88. The second-order valence-electron chi connectivity index (χ2n) is 9.04. The van der Waals surface area contributed by atoms with Gasteiger partial charge in [0.2, 0.25) is 11.9 Å². The van der Waals surface area contributed by atoms with Crippen LogP contribution in [0.25, 0.3) is 0 Å². The molecule has 2 fully saturated rings. The molecule has 0 radical (unpaired) electrons. The quantitative estimate of drug-likeness (QED) is 0.590. The first kappa shape index (κ1) is 22.8. The Kier molecular flexibility index (Phi) is 7.13. The lowest BCUT2D eigenvalue weighted by atomic mass is 9.90. The Balaban J connectivity index is 1.17. The fourth-order valence-corrected chi connectivity index (χ4v) is 4.68. The molecule has 0 bridgehead atoms. The number of hydrogen-bond acceptors (Lipinski definition) is 5. The molecule has 1 amide bonds. The Labute approximate surface area is 193 Å². The molecule has 1 aliphatic carbocycles. The third-order valence-electron chi connectivity index (χ3n) is 6.63. The Morgan fingerprint density at radius 2 is 1.97 bits per heavy atom. The lowest BCUT2D eigenvalue weighted by Gasteiger charge is -2.32. The van der Waals surface area contributed by atoms with Crippen LogP contribution in [0.5, 0.6) is 5.75 Å². The van der Waals surface area contributed by atoms with E-state index in [1.807, 2.05) is 0 Å². The molecule has 2 heterocycles. The van der Waals surface area contributed by atoms with E-state index < -0.39 is 5.82 Å². The minimum absolute atomic E-state index is 0.0613. The molecule has 0 N–H and O–H groups in total. The van der Waals surface area contributed by atoms with Gasteiger partial charge in [-0.25, -0.2) is 14.4 Å². The Morgan fingerprint density at radius 1 is 1.25 bits per heavy atom. The first-order chi connectivity index (χ1) is 15.4. The number of likely N-dealkylation sites (N-methyl/N-ethyl adjacent to an activating group) is 1. The Hall–Kier alpha value is -2.41. The Bertz CT molecular complexity index is 932. The van der Waals surface area contributed by atoms with E-state index in [9.17, 15) is 9.18 Å². The van der Waals surface area contributed by atoms with Crippen molar-refractivity contribution in [2.45, 2.75) is 32.1 Å². The molecule has 1 saturated heterocycles. The smallest absolute Gasteiger partial charge is 0.226 e. The summed E-state index contributed by atoms with van der Waals surface area (Å²) in [6.45, 7) is 2.55. The molecule has 8 heteroatoms. The average molecular weight is 461 g/mol. The third kappa shape index (κ3) is 5.68. The van der Waals surface area contributed by atoms with Crippen molar-refractivity contribution in [3.63, 3.8) is 0 Å². The van der Waals surface area contributed by atoms with Crippen molar-refractivity contribution in [2.24, 2.45) is 17.8 Å². The summed E-state index contributed by atoms with van der Waals surface area (Å²) in [4.78, 5) is 24.1. The summed E-state index contributed by atoms with van der Waals surface area (Å²) < 4.78 is 20.1. The number of carbonyl (C=O) groups is 1. The van der Waals surface area contributed by atoms with Crippen LogP contribution >= 0.6 is 11.6 Å². The van der Waals surface area contributed by atoms with Crippen LogP contribution in [-0.4, -0.2) is 54.6 Å². The first-order valence-electron chi connectivity index (χ1n) is 11.2. The van der Waals surface area contributed by atoms with Crippen LogP contribution in [0.15, 0.2) is 30.6 Å². The number of ether oxygens (including phenoxy) is 1. The summed E-state index contributed by atoms with van der Waals surface area (Å²) in [5.74, 6) is 2.98. The van der Waals surface area contributed by atoms with E-state index in [2.05, 4.69) is 14.9 Å². The minimum atomic E-state index is -0.390. The zero-order valence-electron chi connectivity index (χ0n) is 18.6. The molecule has 1 saturated carbocycles. The van der Waals surface area contributed by atoms with Crippen LogP contribution in [0.3, 0.4) is 0 Å². The molecule has 0 unspecified atom stereocenters. The zero-order valence-corrected chi connectivity index (χ0v) is 19.4. The molecule has 172 valence electrons. The molecule has 2 atom stereocenters. The van der Waals surface area contributed by atoms with Crippen molar-refractivity contribution in [1.82, 2.24) is 14.9 Å². The van der Waals surface area contributed by atoms with E-state index >= 15 is 0 Å². The summed E-state index contributed by atoms with van der Waals surface area (Å²) in [7, 11) is 3.33. The summed E-state index contributed by atoms with van der Waals surface area (Å²) in [6, 6.07) is 4.78. The monoisotopic (exact) mass is 460 g/mol. The van der Waals surface area contributed by atoms with Gasteiger partial charge in [0.1, 0.15) is 11.6 Å². The molecule has 6 nitrogen and oxygen atoms in total. The largest absolute Gasteiger partial charge is 0.493 e. The molecule has 2 aromatic rings. The van der Waals surface area contributed by atoms with Crippen LogP contribution < -0.4 is 9.64 Å². The second kappa shape index (κ2) is 10.0. The zero-order chi connectivity index (χ0) is 22.7. The molecule has 32 heavy (non-hydrogen) atoms. The van der Waals surface area contributed by atoms with Crippen LogP contribution in [0.2, 0.25) is 5.02 Å². The van der Waals surface area contributed by atoms with Gasteiger partial charge in [-0.2, -0.15) is 0 Å². The summed E-state index contributed by atoms with van der Waals surface area (Å²) in [5, 5.41) is 0.560. The van der Waals surface area contributed by atoms with Crippen molar-refractivity contribution in [3.8, 4) is 5.75 Å². The van der Waals surface area contributed by atoms with Gasteiger partial charge < -0.3 is 14.5 Å². The number of amides is 1. The lowest BCUT2D eigenvalue weighted by molar-refractivity contribution is -0.128. The molecule has 1 aromatic carbocycles. The van der Waals surface area contributed by atoms with Crippen molar-refractivity contribution in [2.75, 3.05) is 38.7 Å². The van der Waals surface area contributed by atoms with Gasteiger partial charge in [0.25, 0.3) is 0 Å². The van der Waals surface area contributed by atoms with Crippen LogP contribution in [-0.2, 0) is 11.2 Å². The molecule has 0 spiro atoms.